The van der Waals surface area contributed by atoms with Crippen LogP contribution in [0, 0.1) is 0 Å². The molecule has 110 valence electrons. The number of hydrogen-bond acceptors (Lipinski definition) is 4. The van der Waals surface area contributed by atoms with Gasteiger partial charge in [-0.2, -0.15) is 0 Å². The van der Waals surface area contributed by atoms with E-state index in [1.807, 2.05) is 0 Å². The molecule has 0 radical (unpaired) electrons. The van der Waals surface area contributed by atoms with Crippen LogP contribution in [-0.2, 0) is 9.84 Å². The highest BCUT2D eigenvalue weighted by Crippen LogP contribution is 2.11. The lowest BCUT2D eigenvalue weighted by atomic mass is 10.1. The number of nitrogens with one attached hydrogen (secondary N) is 2. The second-order valence-electron chi connectivity index (χ2n) is 5.16. The number of benzene rings is 1. The summed E-state index contributed by atoms with van der Waals surface area (Å²) in [5.74, 6) is -0.233. The number of hydrogen-bond donors (Lipinski definition) is 2. The Bertz CT molecular complexity index is 578. The first-order valence-corrected chi connectivity index (χ1v) is 8.67. The summed E-state index contributed by atoms with van der Waals surface area (Å²) in [6.07, 6.45) is 4.55. The Labute approximate surface area is 119 Å². The third-order valence-electron chi connectivity index (χ3n) is 3.45. The summed E-state index contributed by atoms with van der Waals surface area (Å²) >= 11 is 0. The SMILES string of the molecule is CS(=O)(=O)c1cccc(C(=O)NCC2CCCCN2)c1. The minimum atomic E-state index is -3.29. The minimum absolute atomic E-state index is 0.168. The number of amides is 1. The predicted molar refractivity (Wildman–Crippen MR) is 77.5 cm³/mol. The van der Waals surface area contributed by atoms with E-state index in [4.69, 9.17) is 0 Å². The lowest BCUT2D eigenvalue weighted by Crippen LogP contribution is -2.43. The molecular formula is C14H20N2O3S. The highest BCUT2D eigenvalue weighted by molar-refractivity contribution is 7.90. The van der Waals surface area contributed by atoms with E-state index in [1.54, 1.807) is 12.1 Å². The number of rotatable bonds is 4. The van der Waals surface area contributed by atoms with E-state index in [2.05, 4.69) is 10.6 Å². The van der Waals surface area contributed by atoms with Crippen molar-refractivity contribution >= 4 is 15.7 Å². The Hall–Kier alpha value is -1.40. The molecule has 0 aliphatic carbocycles. The van der Waals surface area contributed by atoms with Gasteiger partial charge in [0.05, 0.1) is 4.90 Å². The van der Waals surface area contributed by atoms with E-state index < -0.39 is 9.84 Å². The van der Waals surface area contributed by atoms with Crippen LogP contribution in [0.1, 0.15) is 29.6 Å². The summed E-state index contributed by atoms with van der Waals surface area (Å²) in [5.41, 5.74) is 0.378. The van der Waals surface area contributed by atoms with Crippen molar-refractivity contribution in [2.75, 3.05) is 19.3 Å². The third kappa shape index (κ3) is 4.05. The molecule has 1 heterocycles. The molecule has 5 nitrogen and oxygen atoms in total. The van der Waals surface area contributed by atoms with E-state index in [0.717, 1.165) is 19.2 Å². The van der Waals surface area contributed by atoms with Crippen LogP contribution < -0.4 is 10.6 Å². The van der Waals surface area contributed by atoms with Crippen molar-refractivity contribution in [2.45, 2.75) is 30.2 Å². The Morgan fingerprint density at radius 1 is 1.40 bits per heavy atom. The first-order chi connectivity index (χ1) is 9.47. The fourth-order valence-electron chi connectivity index (χ4n) is 2.28. The van der Waals surface area contributed by atoms with Crippen molar-refractivity contribution in [3.63, 3.8) is 0 Å². The van der Waals surface area contributed by atoms with Crippen LogP contribution in [0.4, 0.5) is 0 Å². The molecule has 1 aliphatic rings. The van der Waals surface area contributed by atoms with Crippen molar-refractivity contribution in [3.05, 3.63) is 29.8 Å². The molecule has 0 saturated carbocycles. The van der Waals surface area contributed by atoms with E-state index in [9.17, 15) is 13.2 Å². The molecule has 1 fully saturated rings. The molecule has 0 bridgehead atoms. The van der Waals surface area contributed by atoms with Crippen LogP contribution >= 0.6 is 0 Å². The molecule has 0 aromatic heterocycles. The van der Waals surface area contributed by atoms with Crippen LogP contribution in [0.5, 0.6) is 0 Å². The zero-order valence-electron chi connectivity index (χ0n) is 11.6. The number of carbonyl (C=O) groups is 1. The standard InChI is InChI=1S/C14H20N2O3S/c1-20(18,19)13-7-4-5-11(9-13)14(17)16-10-12-6-2-3-8-15-12/h4-5,7,9,12,15H,2-3,6,8,10H2,1H3,(H,16,17). The summed E-state index contributed by atoms with van der Waals surface area (Å²) in [7, 11) is -3.29. The van der Waals surface area contributed by atoms with Crippen LogP contribution in [0.15, 0.2) is 29.2 Å². The maximum atomic E-state index is 12.0. The quantitative estimate of drug-likeness (QED) is 0.868. The molecule has 1 aliphatic heterocycles. The minimum Gasteiger partial charge on any atom is -0.350 e. The van der Waals surface area contributed by atoms with Gasteiger partial charge in [-0.1, -0.05) is 12.5 Å². The van der Waals surface area contributed by atoms with Gasteiger partial charge in [-0.05, 0) is 37.6 Å². The molecule has 6 heteroatoms. The van der Waals surface area contributed by atoms with Crippen molar-refractivity contribution < 1.29 is 13.2 Å². The van der Waals surface area contributed by atoms with Gasteiger partial charge in [-0.15, -0.1) is 0 Å². The van der Waals surface area contributed by atoms with Gasteiger partial charge in [-0.3, -0.25) is 4.79 Å². The summed E-state index contributed by atoms with van der Waals surface area (Å²) < 4.78 is 22.9. The molecule has 2 rings (SSSR count). The summed E-state index contributed by atoms with van der Waals surface area (Å²) in [6.45, 7) is 1.56. The number of piperidine rings is 1. The van der Waals surface area contributed by atoms with E-state index >= 15 is 0 Å². The fourth-order valence-corrected chi connectivity index (χ4v) is 2.95. The van der Waals surface area contributed by atoms with Crippen LogP contribution in [0.2, 0.25) is 0 Å². The fraction of sp³-hybridized carbons (Fsp3) is 0.500. The van der Waals surface area contributed by atoms with E-state index in [1.165, 1.54) is 25.0 Å². The Kier molecular flexibility index (Phi) is 4.77. The molecule has 20 heavy (non-hydrogen) atoms. The molecular weight excluding hydrogens is 276 g/mol. The monoisotopic (exact) mass is 296 g/mol. The van der Waals surface area contributed by atoms with E-state index in [0.29, 0.717) is 18.2 Å². The number of carbonyl (C=O) groups excluding carboxylic acids is 1. The molecule has 1 unspecified atom stereocenters. The van der Waals surface area contributed by atoms with Gasteiger partial charge in [0, 0.05) is 24.4 Å². The summed E-state index contributed by atoms with van der Waals surface area (Å²) in [5, 5.41) is 6.20. The zero-order chi connectivity index (χ0) is 14.6. The Balaban J connectivity index is 1.98. The molecule has 2 N–H and O–H groups in total. The number of sulfone groups is 1. The maximum Gasteiger partial charge on any atom is 0.251 e. The molecule has 1 amide bonds. The second-order valence-corrected chi connectivity index (χ2v) is 7.17. The normalized spacial score (nSPS) is 19.6. The van der Waals surface area contributed by atoms with Crippen LogP contribution in [0.25, 0.3) is 0 Å². The topological polar surface area (TPSA) is 75.3 Å². The molecule has 1 saturated heterocycles. The smallest absolute Gasteiger partial charge is 0.251 e. The highest BCUT2D eigenvalue weighted by Gasteiger charge is 2.15. The third-order valence-corrected chi connectivity index (χ3v) is 4.56. The van der Waals surface area contributed by atoms with Crippen molar-refractivity contribution in [3.8, 4) is 0 Å². The first-order valence-electron chi connectivity index (χ1n) is 6.78. The van der Waals surface area contributed by atoms with E-state index in [-0.39, 0.29) is 10.8 Å². The molecule has 0 spiro atoms. The van der Waals surface area contributed by atoms with Crippen LogP contribution in [0.3, 0.4) is 0 Å². The molecule has 1 aromatic rings. The summed E-state index contributed by atoms with van der Waals surface area (Å²) in [6, 6.07) is 6.43. The molecule has 1 aromatic carbocycles. The lowest BCUT2D eigenvalue weighted by molar-refractivity contribution is 0.0947. The van der Waals surface area contributed by atoms with Gasteiger partial charge in [-0.25, -0.2) is 8.42 Å². The van der Waals surface area contributed by atoms with Gasteiger partial charge in [0.1, 0.15) is 0 Å². The lowest BCUT2D eigenvalue weighted by Gasteiger charge is -2.23. The Morgan fingerprint density at radius 3 is 2.85 bits per heavy atom. The average molecular weight is 296 g/mol. The van der Waals surface area contributed by atoms with Gasteiger partial charge >= 0.3 is 0 Å². The average Bonchev–Trinajstić information content (AvgIpc) is 2.45. The largest absolute Gasteiger partial charge is 0.350 e. The van der Waals surface area contributed by atoms with Crippen molar-refractivity contribution in [1.29, 1.82) is 0 Å². The molecule has 1 atom stereocenters. The van der Waals surface area contributed by atoms with Gasteiger partial charge < -0.3 is 10.6 Å². The van der Waals surface area contributed by atoms with Gasteiger partial charge in [0.2, 0.25) is 0 Å². The predicted octanol–water partition coefficient (Wildman–Crippen LogP) is 0.962. The highest BCUT2D eigenvalue weighted by atomic mass is 32.2. The summed E-state index contributed by atoms with van der Waals surface area (Å²) in [4.78, 5) is 12.2. The van der Waals surface area contributed by atoms with Crippen molar-refractivity contribution in [2.24, 2.45) is 0 Å². The maximum absolute atomic E-state index is 12.0. The van der Waals surface area contributed by atoms with Gasteiger partial charge in [0.25, 0.3) is 5.91 Å². The van der Waals surface area contributed by atoms with Gasteiger partial charge in [0.15, 0.2) is 9.84 Å². The zero-order valence-corrected chi connectivity index (χ0v) is 12.4. The second kappa shape index (κ2) is 6.37. The van der Waals surface area contributed by atoms with Crippen LogP contribution in [-0.4, -0.2) is 39.7 Å². The Morgan fingerprint density at radius 2 is 2.20 bits per heavy atom. The van der Waals surface area contributed by atoms with Crippen molar-refractivity contribution in [1.82, 2.24) is 10.6 Å². The first kappa shape index (κ1) is 15.0.